The van der Waals surface area contributed by atoms with E-state index in [1.807, 2.05) is 24.3 Å². The fourth-order valence-corrected chi connectivity index (χ4v) is 2.53. The third-order valence-electron chi connectivity index (χ3n) is 3.77. The van der Waals surface area contributed by atoms with Crippen LogP contribution in [0.2, 0.25) is 0 Å². The van der Waals surface area contributed by atoms with Gasteiger partial charge >= 0.3 is 6.03 Å². The minimum absolute atomic E-state index is 0.434. The maximum atomic E-state index is 11.5. The summed E-state index contributed by atoms with van der Waals surface area (Å²) >= 11 is 0. The average molecular weight is 342 g/mol. The average Bonchev–Trinajstić information content (AvgIpc) is 2.96. The summed E-state index contributed by atoms with van der Waals surface area (Å²) in [6.45, 7) is 2.81. The third-order valence-corrected chi connectivity index (χ3v) is 3.77. The first kappa shape index (κ1) is 16.8. The van der Waals surface area contributed by atoms with Crippen LogP contribution in [0.5, 0.6) is 0 Å². The lowest BCUT2D eigenvalue weighted by Crippen LogP contribution is -2.41. The summed E-state index contributed by atoms with van der Waals surface area (Å²) in [5, 5.41) is 8.70. The zero-order valence-corrected chi connectivity index (χ0v) is 13.7. The van der Waals surface area contributed by atoms with Crippen molar-refractivity contribution in [2.24, 2.45) is 5.16 Å². The van der Waals surface area contributed by atoms with Gasteiger partial charge in [0, 0.05) is 24.2 Å². The molecule has 0 aliphatic carbocycles. The Morgan fingerprint density at radius 2 is 2.00 bits per heavy atom. The van der Waals surface area contributed by atoms with E-state index in [0.717, 1.165) is 30.1 Å². The Labute approximate surface area is 145 Å². The smallest absolute Gasteiger partial charge is 0.322 e. The van der Waals surface area contributed by atoms with Gasteiger partial charge in [0.15, 0.2) is 11.9 Å². The largest absolute Gasteiger partial charge is 0.397 e. The number of benzene rings is 1. The molecule has 1 atom stereocenters. The molecule has 2 N–H and O–H groups in total. The first-order valence-electron chi connectivity index (χ1n) is 7.84. The molecule has 1 aromatic carbocycles. The van der Waals surface area contributed by atoms with Gasteiger partial charge in [0.05, 0.1) is 13.2 Å². The van der Waals surface area contributed by atoms with Gasteiger partial charge in [-0.1, -0.05) is 17.0 Å². The number of amidine groups is 1. The molecule has 2 fully saturated rings. The van der Waals surface area contributed by atoms with Crippen molar-refractivity contribution in [1.29, 1.82) is 0 Å². The summed E-state index contributed by atoms with van der Waals surface area (Å²) in [4.78, 5) is 29.6. The minimum Gasteiger partial charge on any atom is -0.397 e. The van der Waals surface area contributed by atoms with Gasteiger partial charge in [-0.25, -0.2) is 4.79 Å². The van der Waals surface area contributed by atoms with Crippen molar-refractivity contribution in [3.05, 3.63) is 35.4 Å². The number of nitrogens with one attached hydrogen (secondary N) is 2. The normalized spacial score (nSPS) is 20.4. The van der Waals surface area contributed by atoms with Crippen molar-refractivity contribution >= 4 is 17.8 Å². The Morgan fingerprint density at radius 1 is 1.28 bits per heavy atom. The molecule has 1 aromatic rings. The van der Waals surface area contributed by atoms with Crippen molar-refractivity contribution in [3.8, 4) is 11.8 Å². The molecule has 3 rings (SSSR count). The lowest BCUT2D eigenvalue weighted by atomic mass is 10.1. The summed E-state index contributed by atoms with van der Waals surface area (Å²) in [5.41, 5.74) is 1.64. The predicted octanol–water partition coefficient (Wildman–Crippen LogP) is -0.114. The molecular formula is C17H18N4O4. The molecule has 0 unspecified atom stereocenters. The van der Waals surface area contributed by atoms with Crippen LogP contribution in [0, 0.1) is 11.8 Å². The monoisotopic (exact) mass is 342 g/mol. The summed E-state index contributed by atoms with van der Waals surface area (Å²) in [5.74, 6) is 5.93. The molecule has 0 bridgehead atoms. The summed E-state index contributed by atoms with van der Waals surface area (Å²) < 4.78 is 5.36. The zero-order chi connectivity index (χ0) is 17.6. The molecule has 2 aliphatic heterocycles. The molecular weight excluding hydrogens is 324 g/mol. The molecule has 0 radical (unpaired) electrons. The first-order chi connectivity index (χ1) is 12.2. The van der Waals surface area contributed by atoms with E-state index in [0.29, 0.717) is 13.2 Å². The molecule has 3 amide bonds. The Morgan fingerprint density at radius 3 is 2.60 bits per heavy atom. The van der Waals surface area contributed by atoms with E-state index in [9.17, 15) is 9.59 Å². The van der Waals surface area contributed by atoms with E-state index in [2.05, 4.69) is 32.5 Å². The standard InChI is InChI=1S/C17H18N4O4/c1-24-20-15(21-8-10-25-11-9-21)13-5-2-12(3-6-13)4-7-14-16(22)19-17(23)18-14/h2-3,5-6,14H,8-11H2,1H3,(H2,18,19,22,23)/b20-15-/t14-/m0/s1. The van der Waals surface area contributed by atoms with E-state index in [-0.39, 0.29) is 0 Å². The number of ether oxygens (including phenoxy) is 1. The molecule has 0 saturated carbocycles. The Bertz CT molecular complexity index is 742. The highest BCUT2D eigenvalue weighted by molar-refractivity contribution is 6.05. The molecule has 2 saturated heterocycles. The van der Waals surface area contributed by atoms with Crippen LogP contribution in [-0.2, 0) is 14.4 Å². The Hall–Kier alpha value is -3.05. The number of rotatable bonds is 2. The second-order valence-electron chi connectivity index (χ2n) is 5.44. The zero-order valence-electron chi connectivity index (χ0n) is 13.7. The topological polar surface area (TPSA) is 92.3 Å². The van der Waals surface area contributed by atoms with E-state index < -0.39 is 18.0 Å². The molecule has 2 aliphatic rings. The van der Waals surface area contributed by atoms with Crippen LogP contribution in [0.4, 0.5) is 4.79 Å². The molecule has 0 spiro atoms. The number of imide groups is 1. The van der Waals surface area contributed by atoms with E-state index in [4.69, 9.17) is 9.57 Å². The van der Waals surface area contributed by atoms with Gasteiger partial charge in [0.1, 0.15) is 7.11 Å². The molecule has 0 aromatic heterocycles. The van der Waals surface area contributed by atoms with Gasteiger partial charge in [-0.05, 0) is 24.3 Å². The van der Waals surface area contributed by atoms with Crippen LogP contribution in [0.15, 0.2) is 29.4 Å². The van der Waals surface area contributed by atoms with Crippen molar-refractivity contribution in [1.82, 2.24) is 15.5 Å². The van der Waals surface area contributed by atoms with Crippen LogP contribution in [0.25, 0.3) is 0 Å². The molecule has 2 heterocycles. The van der Waals surface area contributed by atoms with E-state index in [1.165, 1.54) is 7.11 Å². The molecule has 8 heteroatoms. The highest BCUT2D eigenvalue weighted by Crippen LogP contribution is 2.11. The molecule has 130 valence electrons. The number of urea groups is 1. The van der Waals surface area contributed by atoms with Gasteiger partial charge < -0.3 is 19.8 Å². The van der Waals surface area contributed by atoms with Crippen LogP contribution in [0.1, 0.15) is 11.1 Å². The lowest BCUT2D eigenvalue weighted by Gasteiger charge is -2.29. The quantitative estimate of drug-likeness (QED) is 0.257. The summed E-state index contributed by atoms with van der Waals surface area (Å²) in [6.07, 6.45) is 0. The SMILES string of the molecule is CO/N=C(/c1ccc(C#C[C@@H]2NC(=O)NC2=O)cc1)N1CCOCC1. The van der Waals surface area contributed by atoms with Crippen molar-refractivity contribution in [3.63, 3.8) is 0 Å². The van der Waals surface area contributed by atoms with Crippen molar-refractivity contribution in [2.45, 2.75) is 6.04 Å². The Kier molecular flexibility index (Phi) is 5.16. The van der Waals surface area contributed by atoms with Gasteiger partial charge in [0.2, 0.25) is 0 Å². The minimum atomic E-state index is -0.814. The fraction of sp³-hybridized carbons (Fsp3) is 0.353. The van der Waals surface area contributed by atoms with Crippen molar-refractivity contribution in [2.75, 3.05) is 33.4 Å². The molecule has 8 nitrogen and oxygen atoms in total. The number of amides is 3. The van der Waals surface area contributed by atoms with Crippen LogP contribution >= 0.6 is 0 Å². The highest BCUT2D eigenvalue weighted by atomic mass is 16.6. The summed E-state index contributed by atoms with van der Waals surface area (Å²) in [6, 6.07) is 6.12. The third kappa shape index (κ3) is 4.08. The number of carbonyl (C=O) groups excluding carboxylic acids is 2. The maximum absolute atomic E-state index is 11.5. The lowest BCUT2D eigenvalue weighted by molar-refractivity contribution is -0.119. The van der Waals surface area contributed by atoms with Crippen LogP contribution in [-0.4, -0.2) is 62.1 Å². The summed E-state index contributed by atoms with van der Waals surface area (Å²) in [7, 11) is 1.52. The Balaban J connectivity index is 1.74. The first-order valence-corrected chi connectivity index (χ1v) is 7.84. The van der Waals surface area contributed by atoms with E-state index in [1.54, 1.807) is 0 Å². The number of carbonyl (C=O) groups is 2. The molecule has 25 heavy (non-hydrogen) atoms. The van der Waals surface area contributed by atoms with Gasteiger partial charge in [-0.15, -0.1) is 0 Å². The number of nitrogens with zero attached hydrogens (tertiary/aromatic N) is 2. The van der Waals surface area contributed by atoms with Gasteiger partial charge in [0.25, 0.3) is 5.91 Å². The number of hydrogen-bond donors (Lipinski definition) is 2. The van der Waals surface area contributed by atoms with Crippen LogP contribution in [0.3, 0.4) is 0 Å². The highest BCUT2D eigenvalue weighted by Gasteiger charge is 2.27. The van der Waals surface area contributed by atoms with Gasteiger partial charge in [-0.2, -0.15) is 0 Å². The fourth-order valence-electron chi connectivity index (χ4n) is 2.53. The maximum Gasteiger partial charge on any atom is 0.322 e. The number of oxime groups is 1. The van der Waals surface area contributed by atoms with E-state index >= 15 is 0 Å². The van der Waals surface area contributed by atoms with Crippen LogP contribution < -0.4 is 10.6 Å². The van der Waals surface area contributed by atoms with Crippen molar-refractivity contribution < 1.29 is 19.2 Å². The number of morpholine rings is 1. The number of hydrogen-bond acceptors (Lipinski definition) is 5. The van der Waals surface area contributed by atoms with Gasteiger partial charge in [-0.3, -0.25) is 10.1 Å². The second-order valence-corrected chi connectivity index (χ2v) is 5.44. The second kappa shape index (κ2) is 7.68. The predicted molar refractivity (Wildman–Crippen MR) is 89.7 cm³/mol.